The molecule has 1 aliphatic heterocycles. The summed E-state index contributed by atoms with van der Waals surface area (Å²) in [4.78, 5) is 28.0. The van der Waals surface area contributed by atoms with E-state index in [1.165, 1.54) is 35.9 Å². The van der Waals surface area contributed by atoms with Gasteiger partial charge in [-0.3, -0.25) is 9.59 Å². The fraction of sp³-hybridized carbons (Fsp3) is 0.500. The molecule has 2 amide bonds. The number of rotatable bonds is 3. The summed E-state index contributed by atoms with van der Waals surface area (Å²) in [6.45, 7) is 2.01. The average Bonchev–Trinajstić information content (AvgIpc) is 3.30. The van der Waals surface area contributed by atoms with Gasteiger partial charge in [-0.2, -0.15) is 0 Å². The van der Waals surface area contributed by atoms with Crippen LogP contribution in [-0.4, -0.2) is 47.8 Å². The van der Waals surface area contributed by atoms with Gasteiger partial charge in [0.05, 0.1) is 10.6 Å². The molecule has 0 spiro atoms. The monoisotopic (exact) mass is 324 g/mol. The number of carbonyl (C=O) groups excluding carboxylic acids is 2. The summed E-state index contributed by atoms with van der Waals surface area (Å²) < 4.78 is 13.9. The third-order valence-corrected chi connectivity index (χ3v) is 4.54. The fourth-order valence-electron chi connectivity index (χ4n) is 2.74. The number of amides is 2. The van der Waals surface area contributed by atoms with E-state index in [1.54, 1.807) is 0 Å². The minimum atomic E-state index is -0.622. The third kappa shape index (κ3) is 3.24. The van der Waals surface area contributed by atoms with E-state index in [0.717, 1.165) is 6.54 Å². The molecule has 0 bridgehead atoms. The molecule has 118 valence electrons. The predicted molar refractivity (Wildman–Crippen MR) is 81.2 cm³/mol. The van der Waals surface area contributed by atoms with Gasteiger partial charge in [-0.05, 0) is 30.9 Å². The van der Waals surface area contributed by atoms with Crippen molar-refractivity contribution < 1.29 is 14.0 Å². The molecule has 1 heterocycles. The molecule has 1 saturated carbocycles. The summed E-state index contributed by atoms with van der Waals surface area (Å²) in [5, 5.41) is 0.107. The standard InChI is InChI=1S/C16H18ClFN2O2/c17-12-2-1-3-13(18)15(12)16(22)19-7-6-14(21)20(9-8-19)10-11-4-5-11/h1-3,11H,4-10H2. The molecular formula is C16H18ClFN2O2. The summed E-state index contributed by atoms with van der Waals surface area (Å²) in [5.41, 5.74) is -0.104. The van der Waals surface area contributed by atoms with Gasteiger partial charge in [-0.25, -0.2) is 4.39 Å². The van der Waals surface area contributed by atoms with Crippen molar-refractivity contribution in [1.82, 2.24) is 9.80 Å². The van der Waals surface area contributed by atoms with Crippen molar-refractivity contribution in [3.8, 4) is 0 Å². The maximum atomic E-state index is 13.9. The van der Waals surface area contributed by atoms with Crippen LogP contribution in [0.4, 0.5) is 4.39 Å². The van der Waals surface area contributed by atoms with Gasteiger partial charge in [0.2, 0.25) is 5.91 Å². The van der Waals surface area contributed by atoms with E-state index >= 15 is 0 Å². The Balaban J connectivity index is 1.72. The molecule has 0 radical (unpaired) electrons. The maximum absolute atomic E-state index is 13.9. The van der Waals surface area contributed by atoms with Crippen LogP contribution in [0.5, 0.6) is 0 Å². The largest absolute Gasteiger partial charge is 0.341 e. The van der Waals surface area contributed by atoms with E-state index in [2.05, 4.69) is 0 Å². The van der Waals surface area contributed by atoms with Crippen molar-refractivity contribution >= 4 is 23.4 Å². The van der Waals surface area contributed by atoms with Gasteiger partial charge < -0.3 is 9.80 Å². The van der Waals surface area contributed by atoms with Crippen molar-refractivity contribution in [3.63, 3.8) is 0 Å². The lowest BCUT2D eigenvalue weighted by molar-refractivity contribution is -0.130. The van der Waals surface area contributed by atoms with Crippen molar-refractivity contribution in [2.24, 2.45) is 5.92 Å². The molecule has 2 fully saturated rings. The Labute approximate surface area is 133 Å². The fourth-order valence-corrected chi connectivity index (χ4v) is 2.98. The summed E-state index contributed by atoms with van der Waals surface area (Å²) in [7, 11) is 0. The topological polar surface area (TPSA) is 40.6 Å². The second-order valence-corrected chi connectivity index (χ2v) is 6.33. The van der Waals surface area contributed by atoms with Gasteiger partial charge in [-0.15, -0.1) is 0 Å². The Hall–Kier alpha value is -1.62. The average molecular weight is 325 g/mol. The first-order chi connectivity index (χ1) is 10.6. The first-order valence-electron chi connectivity index (χ1n) is 7.57. The highest BCUT2D eigenvalue weighted by molar-refractivity contribution is 6.33. The summed E-state index contributed by atoms with van der Waals surface area (Å²) >= 11 is 5.95. The van der Waals surface area contributed by atoms with Crippen molar-refractivity contribution in [2.45, 2.75) is 19.3 Å². The van der Waals surface area contributed by atoms with E-state index < -0.39 is 11.7 Å². The van der Waals surface area contributed by atoms with Crippen LogP contribution in [0.2, 0.25) is 5.02 Å². The van der Waals surface area contributed by atoms with Gasteiger partial charge in [0, 0.05) is 32.6 Å². The van der Waals surface area contributed by atoms with Crippen LogP contribution in [0.3, 0.4) is 0 Å². The Morgan fingerprint density at radius 2 is 2.05 bits per heavy atom. The highest BCUT2D eigenvalue weighted by atomic mass is 35.5. The van der Waals surface area contributed by atoms with Crippen molar-refractivity contribution in [3.05, 3.63) is 34.6 Å². The van der Waals surface area contributed by atoms with Crippen molar-refractivity contribution in [1.29, 1.82) is 0 Å². The number of hydrogen-bond donors (Lipinski definition) is 0. The molecule has 1 aromatic carbocycles. The van der Waals surface area contributed by atoms with Crippen LogP contribution in [0, 0.1) is 11.7 Å². The van der Waals surface area contributed by atoms with Gasteiger partial charge in [0.1, 0.15) is 5.82 Å². The second kappa shape index (κ2) is 6.24. The quantitative estimate of drug-likeness (QED) is 0.857. The summed E-state index contributed by atoms with van der Waals surface area (Å²) in [5.74, 6) is -0.374. The van der Waals surface area contributed by atoms with Gasteiger partial charge in [0.25, 0.3) is 5.91 Å². The Kier molecular flexibility index (Phi) is 4.34. The zero-order valence-corrected chi connectivity index (χ0v) is 13.0. The molecule has 1 aliphatic carbocycles. The van der Waals surface area contributed by atoms with Crippen LogP contribution < -0.4 is 0 Å². The number of benzene rings is 1. The normalized spacial score (nSPS) is 19.3. The molecule has 1 aromatic rings. The molecule has 4 nitrogen and oxygen atoms in total. The van der Waals surface area contributed by atoms with Crippen LogP contribution in [0.1, 0.15) is 29.6 Å². The molecule has 0 unspecified atom stereocenters. The van der Waals surface area contributed by atoms with Crippen LogP contribution in [0.15, 0.2) is 18.2 Å². The van der Waals surface area contributed by atoms with Gasteiger partial charge in [-0.1, -0.05) is 17.7 Å². The highest BCUT2D eigenvalue weighted by Gasteiger charge is 2.30. The second-order valence-electron chi connectivity index (χ2n) is 5.92. The first-order valence-corrected chi connectivity index (χ1v) is 7.95. The molecule has 0 N–H and O–H groups in total. The third-order valence-electron chi connectivity index (χ3n) is 4.23. The van der Waals surface area contributed by atoms with Crippen molar-refractivity contribution in [2.75, 3.05) is 26.2 Å². The molecule has 0 aromatic heterocycles. The maximum Gasteiger partial charge on any atom is 0.258 e. The summed E-state index contributed by atoms with van der Waals surface area (Å²) in [6.07, 6.45) is 2.64. The Morgan fingerprint density at radius 3 is 2.73 bits per heavy atom. The first kappa shape index (κ1) is 15.3. The lowest BCUT2D eigenvalue weighted by Gasteiger charge is -2.22. The van der Waals surface area contributed by atoms with Crippen LogP contribution >= 0.6 is 11.6 Å². The van der Waals surface area contributed by atoms with E-state index in [0.29, 0.717) is 25.6 Å². The zero-order valence-electron chi connectivity index (χ0n) is 12.2. The van der Waals surface area contributed by atoms with E-state index in [4.69, 9.17) is 11.6 Å². The molecule has 1 saturated heterocycles. The lowest BCUT2D eigenvalue weighted by atomic mass is 10.1. The van der Waals surface area contributed by atoms with Gasteiger partial charge in [0.15, 0.2) is 0 Å². The molecule has 6 heteroatoms. The van der Waals surface area contributed by atoms with E-state index in [1.807, 2.05) is 4.90 Å². The number of hydrogen-bond acceptors (Lipinski definition) is 2. The molecular weight excluding hydrogens is 307 g/mol. The molecule has 0 atom stereocenters. The highest BCUT2D eigenvalue weighted by Crippen LogP contribution is 2.30. The SMILES string of the molecule is O=C1CCN(C(=O)c2c(F)cccc2Cl)CCN1CC1CC1. The minimum Gasteiger partial charge on any atom is -0.341 e. The van der Waals surface area contributed by atoms with E-state index in [9.17, 15) is 14.0 Å². The van der Waals surface area contributed by atoms with Crippen LogP contribution in [-0.2, 0) is 4.79 Å². The van der Waals surface area contributed by atoms with Crippen LogP contribution in [0.25, 0.3) is 0 Å². The number of nitrogens with zero attached hydrogens (tertiary/aromatic N) is 2. The predicted octanol–water partition coefficient (Wildman–Crippen LogP) is 2.56. The molecule has 3 rings (SSSR count). The number of halogens is 2. The molecule has 2 aliphatic rings. The smallest absolute Gasteiger partial charge is 0.258 e. The lowest BCUT2D eigenvalue weighted by Crippen LogP contribution is -2.37. The Bertz CT molecular complexity index is 584. The minimum absolute atomic E-state index is 0.0711. The van der Waals surface area contributed by atoms with E-state index in [-0.39, 0.29) is 22.9 Å². The zero-order chi connectivity index (χ0) is 15.7. The summed E-state index contributed by atoms with van der Waals surface area (Å²) in [6, 6.07) is 4.19. The molecule has 22 heavy (non-hydrogen) atoms. The van der Waals surface area contributed by atoms with Gasteiger partial charge >= 0.3 is 0 Å². The number of carbonyl (C=O) groups is 2. The Morgan fingerprint density at radius 1 is 1.27 bits per heavy atom.